The Morgan fingerprint density at radius 3 is 2.62 bits per heavy atom. The van der Waals surface area contributed by atoms with E-state index in [1.165, 1.54) is 0 Å². The molecule has 0 saturated heterocycles. The van der Waals surface area contributed by atoms with Crippen molar-refractivity contribution in [2.75, 3.05) is 0 Å². The molecule has 0 bridgehead atoms. The average molecular weight is 410 g/mol. The molecule has 4 nitrogen and oxygen atoms in total. The predicted molar refractivity (Wildman–Crippen MR) is 109 cm³/mol. The van der Waals surface area contributed by atoms with E-state index in [-0.39, 0.29) is 5.91 Å². The summed E-state index contributed by atoms with van der Waals surface area (Å²) < 4.78 is 3.20. The molecule has 3 aromatic rings. The highest BCUT2D eigenvalue weighted by molar-refractivity contribution is 9.10. The van der Waals surface area contributed by atoms with Gasteiger partial charge >= 0.3 is 0 Å². The van der Waals surface area contributed by atoms with E-state index < -0.39 is 0 Å². The highest BCUT2D eigenvalue weighted by Gasteiger charge is 2.10. The van der Waals surface area contributed by atoms with Crippen molar-refractivity contribution in [3.05, 3.63) is 87.7 Å². The molecule has 132 valence electrons. The van der Waals surface area contributed by atoms with Gasteiger partial charge in [0.1, 0.15) is 0 Å². The van der Waals surface area contributed by atoms with Crippen LogP contribution in [-0.4, -0.2) is 16.7 Å². The van der Waals surface area contributed by atoms with Gasteiger partial charge in [0.2, 0.25) is 5.91 Å². The molecule has 26 heavy (non-hydrogen) atoms. The third-order valence-electron chi connectivity index (χ3n) is 4.14. The van der Waals surface area contributed by atoms with Gasteiger partial charge in [-0.1, -0.05) is 52.3 Å². The summed E-state index contributed by atoms with van der Waals surface area (Å²) in [7, 11) is 0. The molecule has 0 radical (unpaired) electrons. The average Bonchev–Trinajstić information content (AvgIpc) is 2.89. The van der Waals surface area contributed by atoms with Gasteiger partial charge in [-0.2, -0.15) is 5.10 Å². The molecule has 2 aromatic carbocycles. The third-order valence-corrected chi connectivity index (χ3v) is 4.63. The van der Waals surface area contributed by atoms with E-state index in [9.17, 15) is 4.79 Å². The van der Waals surface area contributed by atoms with E-state index in [1.54, 1.807) is 6.21 Å². The number of hydrogen-bond donors (Lipinski definition) is 1. The van der Waals surface area contributed by atoms with Crippen molar-refractivity contribution in [1.29, 1.82) is 0 Å². The lowest BCUT2D eigenvalue weighted by Crippen LogP contribution is -2.19. The molecular formula is C21H20BrN3O. The van der Waals surface area contributed by atoms with Gasteiger partial charge in [0.25, 0.3) is 0 Å². The molecule has 0 aliphatic heterocycles. The van der Waals surface area contributed by atoms with Crippen molar-refractivity contribution in [3.8, 4) is 5.69 Å². The summed E-state index contributed by atoms with van der Waals surface area (Å²) in [5.74, 6) is -0.131. The van der Waals surface area contributed by atoms with Crippen LogP contribution < -0.4 is 5.43 Å². The van der Waals surface area contributed by atoms with E-state index in [0.29, 0.717) is 6.42 Å². The van der Waals surface area contributed by atoms with Crippen LogP contribution in [0, 0.1) is 13.8 Å². The van der Waals surface area contributed by atoms with Crippen LogP contribution in [0.4, 0.5) is 0 Å². The van der Waals surface area contributed by atoms with Crippen LogP contribution in [0.25, 0.3) is 5.69 Å². The second-order valence-corrected chi connectivity index (χ2v) is 7.01. The lowest BCUT2D eigenvalue weighted by molar-refractivity contribution is -0.120. The minimum Gasteiger partial charge on any atom is -0.318 e. The smallest absolute Gasteiger partial charge is 0.244 e. The van der Waals surface area contributed by atoms with Crippen LogP contribution >= 0.6 is 15.9 Å². The topological polar surface area (TPSA) is 46.4 Å². The maximum atomic E-state index is 12.0. The number of rotatable bonds is 5. The highest BCUT2D eigenvalue weighted by atomic mass is 79.9. The van der Waals surface area contributed by atoms with Gasteiger partial charge in [0, 0.05) is 27.1 Å². The van der Waals surface area contributed by atoms with Crippen LogP contribution in [0.5, 0.6) is 0 Å². The first-order valence-corrected chi connectivity index (χ1v) is 9.14. The van der Waals surface area contributed by atoms with Crippen LogP contribution in [0.2, 0.25) is 0 Å². The summed E-state index contributed by atoms with van der Waals surface area (Å²) in [4.78, 5) is 12.0. The summed E-state index contributed by atoms with van der Waals surface area (Å²) in [5, 5.41) is 4.12. The fourth-order valence-corrected chi connectivity index (χ4v) is 3.31. The molecule has 1 amide bonds. The first kappa shape index (κ1) is 18.1. The minimum absolute atomic E-state index is 0.131. The Balaban J connectivity index is 1.71. The summed E-state index contributed by atoms with van der Waals surface area (Å²) in [6.45, 7) is 4.10. The summed E-state index contributed by atoms with van der Waals surface area (Å²) in [5.41, 5.74) is 7.80. The number of hydrogen-bond acceptors (Lipinski definition) is 2. The number of halogens is 1. The lowest BCUT2D eigenvalue weighted by Gasteiger charge is -2.09. The SMILES string of the molecule is Cc1cc(/C=N/NC(=O)Cc2ccccc2)c(C)n1-c1cccc(Br)c1. The Kier molecular flexibility index (Phi) is 5.68. The maximum absolute atomic E-state index is 12.0. The van der Waals surface area contributed by atoms with Crippen LogP contribution in [0.1, 0.15) is 22.5 Å². The van der Waals surface area contributed by atoms with Crippen molar-refractivity contribution >= 4 is 28.1 Å². The van der Waals surface area contributed by atoms with Crippen LogP contribution in [0.3, 0.4) is 0 Å². The van der Waals surface area contributed by atoms with E-state index in [0.717, 1.165) is 32.7 Å². The van der Waals surface area contributed by atoms with Crippen molar-refractivity contribution < 1.29 is 4.79 Å². The number of nitrogens with zero attached hydrogens (tertiary/aromatic N) is 2. The zero-order valence-corrected chi connectivity index (χ0v) is 16.3. The number of hydrazone groups is 1. The Labute approximate surface area is 161 Å². The highest BCUT2D eigenvalue weighted by Crippen LogP contribution is 2.22. The van der Waals surface area contributed by atoms with Gasteiger partial charge in [0.15, 0.2) is 0 Å². The summed E-state index contributed by atoms with van der Waals surface area (Å²) in [6.07, 6.45) is 2.01. The molecule has 0 unspecified atom stereocenters. The molecular weight excluding hydrogens is 390 g/mol. The fourth-order valence-electron chi connectivity index (χ4n) is 2.93. The first-order chi connectivity index (χ1) is 12.5. The Bertz CT molecular complexity index is 945. The fraction of sp³-hybridized carbons (Fsp3) is 0.143. The summed E-state index contributed by atoms with van der Waals surface area (Å²) in [6, 6.07) is 19.8. The number of nitrogens with one attached hydrogen (secondary N) is 1. The number of amides is 1. The molecule has 0 aliphatic carbocycles. The lowest BCUT2D eigenvalue weighted by atomic mass is 10.1. The van der Waals surface area contributed by atoms with Crippen LogP contribution in [0.15, 0.2) is 70.2 Å². The third kappa shape index (κ3) is 4.29. The summed E-state index contributed by atoms with van der Waals surface area (Å²) >= 11 is 3.51. The zero-order valence-electron chi connectivity index (χ0n) is 14.7. The van der Waals surface area contributed by atoms with Gasteiger partial charge in [-0.25, -0.2) is 5.43 Å². The molecule has 0 aliphatic rings. The molecule has 1 N–H and O–H groups in total. The first-order valence-electron chi connectivity index (χ1n) is 8.35. The molecule has 0 saturated carbocycles. The minimum atomic E-state index is -0.131. The normalized spacial score (nSPS) is 11.0. The Hall–Kier alpha value is -2.66. The number of benzene rings is 2. The van der Waals surface area contributed by atoms with Gasteiger partial charge in [-0.05, 0) is 43.7 Å². The van der Waals surface area contributed by atoms with E-state index in [4.69, 9.17) is 0 Å². The van der Waals surface area contributed by atoms with Crippen molar-refractivity contribution in [2.24, 2.45) is 5.10 Å². The molecule has 5 heteroatoms. The van der Waals surface area contributed by atoms with Crippen LogP contribution in [-0.2, 0) is 11.2 Å². The second-order valence-electron chi connectivity index (χ2n) is 6.10. The monoisotopic (exact) mass is 409 g/mol. The Morgan fingerprint density at radius 2 is 1.88 bits per heavy atom. The second kappa shape index (κ2) is 8.15. The zero-order chi connectivity index (χ0) is 18.5. The molecule has 0 spiro atoms. The molecule has 0 fully saturated rings. The number of carbonyl (C=O) groups excluding carboxylic acids is 1. The largest absolute Gasteiger partial charge is 0.318 e. The van der Waals surface area contributed by atoms with Gasteiger partial charge in [-0.3, -0.25) is 4.79 Å². The number of aromatic nitrogens is 1. The van der Waals surface area contributed by atoms with E-state index in [2.05, 4.69) is 56.1 Å². The number of aryl methyl sites for hydroxylation is 1. The molecule has 1 aromatic heterocycles. The van der Waals surface area contributed by atoms with Gasteiger partial charge in [0.05, 0.1) is 12.6 Å². The predicted octanol–water partition coefficient (Wildman–Crippen LogP) is 4.55. The number of carbonyl (C=O) groups is 1. The van der Waals surface area contributed by atoms with Crippen molar-refractivity contribution in [1.82, 2.24) is 9.99 Å². The van der Waals surface area contributed by atoms with Gasteiger partial charge < -0.3 is 4.57 Å². The maximum Gasteiger partial charge on any atom is 0.244 e. The Morgan fingerprint density at radius 1 is 1.12 bits per heavy atom. The molecule has 0 atom stereocenters. The molecule has 1 heterocycles. The quantitative estimate of drug-likeness (QED) is 0.487. The van der Waals surface area contributed by atoms with Crippen molar-refractivity contribution in [3.63, 3.8) is 0 Å². The van der Waals surface area contributed by atoms with E-state index >= 15 is 0 Å². The van der Waals surface area contributed by atoms with Crippen molar-refractivity contribution in [2.45, 2.75) is 20.3 Å². The molecule has 3 rings (SSSR count). The van der Waals surface area contributed by atoms with Gasteiger partial charge in [-0.15, -0.1) is 0 Å². The standard InChI is InChI=1S/C21H20BrN3O/c1-15-11-18(16(2)25(15)20-10-6-9-19(22)13-20)14-23-24-21(26)12-17-7-4-3-5-8-17/h3-11,13-14H,12H2,1-2H3,(H,24,26)/b23-14+. The van der Waals surface area contributed by atoms with E-state index in [1.807, 2.05) is 49.4 Å².